The van der Waals surface area contributed by atoms with E-state index < -0.39 is 5.41 Å². The number of hydrogen-bond donors (Lipinski definition) is 0. The number of halogens is 1. The highest BCUT2D eigenvalue weighted by Crippen LogP contribution is 2.55. The summed E-state index contributed by atoms with van der Waals surface area (Å²) in [6.45, 7) is 0. The molecule has 0 N–H and O–H groups in total. The van der Waals surface area contributed by atoms with Crippen LogP contribution in [0.3, 0.4) is 0 Å². The Morgan fingerprint density at radius 1 is 1.04 bits per heavy atom. The molecule has 27 heavy (non-hydrogen) atoms. The molecule has 4 rings (SSSR count). The van der Waals surface area contributed by atoms with E-state index in [1.165, 1.54) is 7.11 Å². The fraction of sp³-hybridized carbons (Fsp3) is 0.348. The summed E-state index contributed by atoms with van der Waals surface area (Å²) in [7, 11) is 1.49. The minimum Gasteiger partial charge on any atom is -0.483 e. The lowest BCUT2D eigenvalue weighted by Crippen LogP contribution is -2.42. The Balaban J connectivity index is 1.88. The van der Waals surface area contributed by atoms with E-state index in [1.807, 2.05) is 30.3 Å². The molecule has 1 saturated carbocycles. The third-order valence-electron chi connectivity index (χ3n) is 5.79. The van der Waals surface area contributed by atoms with E-state index in [0.29, 0.717) is 0 Å². The first-order valence-electron chi connectivity index (χ1n) is 9.47. The maximum Gasteiger partial charge on any atom is 0.315 e. The van der Waals surface area contributed by atoms with E-state index in [2.05, 4.69) is 46.9 Å². The third-order valence-corrected chi connectivity index (χ3v) is 6.86. The summed E-state index contributed by atoms with van der Waals surface area (Å²) in [5, 5.41) is 0. The highest BCUT2D eigenvalue weighted by Gasteiger charge is 2.51. The summed E-state index contributed by atoms with van der Waals surface area (Å²) >= 11 is 2.36. The maximum absolute atomic E-state index is 13.0. The van der Waals surface area contributed by atoms with Crippen molar-refractivity contribution in [3.05, 3.63) is 71.3 Å². The Kier molecular flexibility index (Phi) is 5.26. The average molecular weight is 474 g/mol. The second-order valence-electron chi connectivity index (χ2n) is 7.30. The summed E-state index contributed by atoms with van der Waals surface area (Å²) < 4.78 is 13.0. The number of fused-ring (bicyclic) bond motifs is 1. The Labute approximate surface area is 173 Å². The molecule has 140 valence electrons. The second kappa shape index (κ2) is 7.66. The van der Waals surface area contributed by atoms with Crippen LogP contribution in [0.2, 0.25) is 0 Å². The lowest BCUT2D eigenvalue weighted by atomic mass is 9.67. The molecule has 0 amide bonds. The molecular weight excluding hydrogens is 451 g/mol. The molecule has 0 spiro atoms. The largest absolute Gasteiger partial charge is 0.483 e. The Morgan fingerprint density at radius 2 is 1.70 bits per heavy atom. The Bertz CT molecular complexity index is 866. The number of esters is 1. The van der Waals surface area contributed by atoms with Gasteiger partial charge in [0.25, 0.3) is 0 Å². The number of carbonyl (C=O) groups is 1. The van der Waals surface area contributed by atoms with E-state index in [0.717, 1.165) is 58.1 Å². The van der Waals surface area contributed by atoms with Gasteiger partial charge in [0.05, 0.1) is 10.7 Å². The zero-order chi connectivity index (χ0) is 18.9. The van der Waals surface area contributed by atoms with E-state index >= 15 is 0 Å². The van der Waals surface area contributed by atoms with E-state index in [-0.39, 0.29) is 12.1 Å². The first-order valence-corrected chi connectivity index (χ1v) is 10.5. The average Bonchev–Trinajstić information content (AvgIpc) is 2.74. The van der Waals surface area contributed by atoms with Gasteiger partial charge in [0.15, 0.2) is 0 Å². The molecule has 2 aliphatic rings. The number of rotatable bonds is 3. The predicted octanol–water partition coefficient (Wildman–Crippen LogP) is 6.14. The van der Waals surface area contributed by atoms with Gasteiger partial charge >= 0.3 is 5.97 Å². The van der Waals surface area contributed by atoms with Crippen molar-refractivity contribution < 1.29 is 14.3 Å². The standard InChI is InChI=1S/C23H23IO3/c1-26-22(25)23(14-8-3-9-15-23)21-18-13-7-6-12-17(18)19(24)20(27-21)16-10-4-2-5-11-16/h2,4-7,10-13,21H,3,8-9,14-15H2,1H3. The molecule has 1 atom stereocenters. The normalized spacial score (nSPS) is 21.2. The van der Waals surface area contributed by atoms with Gasteiger partial charge in [0.1, 0.15) is 17.3 Å². The van der Waals surface area contributed by atoms with Gasteiger partial charge in [0, 0.05) is 11.1 Å². The highest BCUT2D eigenvalue weighted by atomic mass is 127. The SMILES string of the molecule is COC(=O)C1(C2OC(c3ccccc3)=C(I)c3ccccc32)CCCCC1. The van der Waals surface area contributed by atoms with Gasteiger partial charge in [-0.25, -0.2) is 0 Å². The van der Waals surface area contributed by atoms with Gasteiger partial charge in [-0.2, -0.15) is 0 Å². The molecule has 0 bridgehead atoms. The van der Waals surface area contributed by atoms with Gasteiger partial charge in [-0.05, 0) is 41.0 Å². The van der Waals surface area contributed by atoms with Crippen molar-refractivity contribution in [3.63, 3.8) is 0 Å². The summed E-state index contributed by atoms with van der Waals surface area (Å²) in [6, 6.07) is 18.5. The van der Waals surface area contributed by atoms with Crippen LogP contribution in [0.1, 0.15) is 54.9 Å². The summed E-state index contributed by atoms with van der Waals surface area (Å²) in [5.74, 6) is 0.708. The predicted molar refractivity (Wildman–Crippen MR) is 115 cm³/mol. The van der Waals surface area contributed by atoms with Crippen molar-refractivity contribution in [2.75, 3.05) is 7.11 Å². The van der Waals surface area contributed by atoms with Gasteiger partial charge in [-0.1, -0.05) is 73.9 Å². The van der Waals surface area contributed by atoms with Crippen LogP contribution in [0, 0.1) is 5.41 Å². The quantitative estimate of drug-likeness (QED) is 0.396. The number of carbonyl (C=O) groups excluding carboxylic acids is 1. The smallest absolute Gasteiger partial charge is 0.315 e. The van der Waals surface area contributed by atoms with Crippen molar-refractivity contribution in [1.29, 1.82) is 0 Å². The molecular formula is C23H23IO3. The van der Waals surface area contributed by atoms with Gasteiger partial charge in [-0.3, -0.25) is 4.79 Å². The molecule has 1 heterocycles. The van der Waals surface area contributed by atoms with E-state index in [1.54, 1.807) is 0 Å². The molecule has 1 unspecified atom stereocenters. The fourth-order valence-electron chi connectivity index (χ4n) is 4.43. The highest BCUT2D eigenvalue weighted by molar-refractivity contribution is 14.1. The van der Waals surface area contributed by atoms with Gasteiger partial charge in [0.2, 0.25) is 0 Å². The van der Waals surface area contributed by atoms with Crippen LogP contribution < -0.4 is 0 Å². The van der Waals surface area contributed by atoms with E-state index in [4.69, 9.17) is 9.47 Å². The van der Waals surface area contributed by atoms with Crippen LogP contribution in [-0.4, -0.2) is 13.1 Å². The number of ether oxygens (including phenoxy) is 2. The summed E-state index contributed by atoms with van der Waals surface area (Å²) in [4.78, 5) is 13.0. The first kappa shape index (κ1) is 18.5. The lowest BCUT2D eigenvalue weighted by Gasteiger charge is -2.43. The van der Waals surface area contributed by atoms with Gasteiger partial charge in [-0.15, -0.1) is 0 Å². The molecule has 0 radical (unpaired) electrons. The van der Waals surface area contributed by atoms with E-state index in [9.17, 15) is 4.79 Å². The topological polar surface area (TPSA) is 35.5 Å². The number of methoxy groups -OCH3 is 1. The molecule has 1 aliphatic carbocycles. The van der Waals surface area contributed by atoms with Crippen molar-refractivity contribution in [2.24, 2.45) is 5.41 Å². The molecule has 2 aromatic carbocycles. The van der Waals surface area contributed by atoms with Crippen molar-refractivity contribution in [3.8, 4) is 0 Å². The van der Waals surface area contributed by atoms with Crippen LogP contribution in [0.4, 0.5) is 0 Å². The van der Waals surface area contributed by atoms with Crippen LogP contribution in [-0.2, 0) is 14.3 Å². The van der Waals surface area contributed by atoms with Crippen LogP contribution >= 0.6 is 22.6 Å². The third kappa shape index (κ3) is 3.18. The lowest BCUT2D eigenvalue weighted by molar-refractivity contribution is -0.164. The van der Waals surface area contributed by atoms with Crippen molar-refractivity contribution in [1.82, 2.24) is 0 Å². The summed E-state index contributed by atoms with van der Waals surface area (Å²) in [6.07, 6.45) is 4.49. The molecule has 0 saturated heterocycles. The zero-order valence-electron chi connectivity index (χ0n) is 15.4. The number of hydrogen-bond acceptors (Lipinski definition) is 3. The molecule has 1 fully saturated rings. The summed E-state index contributed by atoms with van der Waals surface area (Å²) in [5.41, 5.74) is 2.66. The first-order chi connectivity index (χ1) is 13.2. The van der Waals surface area contributed by atoms with Crippen molar-refractivity contribution in [2.45, 2.75) is 38.2 Å². The minimum atomic E-state index is -0.625. The minimum absolute atomic E-state index is 0.147. The Hall–Kier alpha value is -1.82. The van der Waals surface area contributed by atoms with Crippen LogP contribution in [0.25, 0.3) is 9.34 Å². The van der Waals surface area contributed by atoms with Crippen LogP contribution in [0.5, 0.6) is 0 Å². The zero-order valence-corrected chi connectivity index (χ0v) is 17.6. The second-order valence-corrected chi connectivity index (χ2v) is 8.38. The monoisotopic (exact) mass is 474 g/mol. The Morgan fingerprint density at radius 3 is 2.41 bits per heavy atom. The molecule has 0 aromatic heterocycles. The molecule has 2 aromatic rings. The van der Waals surface area contributed by atoms with Crippen molar-refractivity contribution >= 4 is 37.9 Å². The molecule has 4 heteroatoms. The molecule has 1 aliphatic heterocycles. The maximum atomic E-state index is 13.0. The van der Waals surface area contributed by atoms with Crippen LogP contribution in [0.15, 0.2) is 54.6 Å². The fourth-order valence-corrected chi connectivity index (χ4v) is 5.36. The number of benzene rings is 2. The van der Waals surface area contributed by atoms with Gasteiger partial charge < -0.3 is 9.47 Å². The molecule has 3 nitrogen and oxygen atoms in total.